The van der Waals surface area contributed by atoms with Crippen molar-refractivity contribution in [1.29, 1.82) is 0 Å². The van der Waals surface area contributed by atoms with E-state index in [9.17, 15) is 4.39 Å². The number of nitrogens with one attached hydrogen (secondary N) is 1. The third kappa shape index (κ3) is 3.04. The number of halogens is 1. The minimum absolute atomic E-state index is 0.137. The van der Waals surface area contributed by atoms with Crippen molar-refractivity contribution >= 4 is 0 Å². The van der Waals surface area contributed by atoms with Crippen LogP contribution in [0.5, 0.6) is 0 Å². The Balaban J connectivity index is 2.38. The first-order valence-corrected chi connectivity index (χ1v) is 7.67. The minimum Gasteiger partial charge on any atom is -0.376 e. The van der Waals surface area contributed by atoms with Gasteiger partial charge in [0.2, 0.25) is 0 Å². The van der Waals surface area contributed by atoms with Crippen molar-refractivity contribution in [3.63, 3.8) is 0 Å². The monoisotopic (exact) mass is 279 g/mol. The van der Waals surface area contributed by atoms with Gasteiger partial charge >= 0.3 is 0 Å². The van der Waals surface area contributed by atoms with E-state index in [4.69, 9.17) is 4.74 Å². The van der Waals surface area contributed by atoms with E-state index in [1.165, 1.54) is 19.3 Å². The highest BCUT2D eigenvalue weighted by Crippen LogP contribution is 2.42. The summed E-state index contributed by atoms with van der Waals surface area (Å²) in [5.41, 5.74) is 2.01. The summed E-state index contributed by atoms with van der Waals surface area (Å²) < 4.78 is 19.3. The molecule has 0 bridgehead atoms. The number of aryl methyl sites for hydroxylation is 1. The highest BCUT2D eigenvalue weighted by atomic mass is 19.1. The molecular formula is C17H26FNO. The second-order valence-corrected chi connectivity index (χ2v) is 5.82. The fraction of sp³-hybridized carbons (Fsp3) is 0.647. The van der Waals surface area contributed by atoms with Crippen molar-refractivity contribution in [2.24, 2.45) is 0 Å². The molecule has 1 aromatic rings. The number of benzene rings is 1. The molecule has 20 heavy (non-hydrogen) atoms. The first-order valence-electron chi connectivity index (χ1n) is 7.67. The van der Waals surface area contributed by atoms with Gasteiger partial charge in [0.25, 0.3) is 0 Å². The van der Waals surface area contributed by atoms with Crippen LogP contribution in [0.25, 0.3) is 0 Å². The van der Waals surface area contributed by atoms with Crippen molar-refractivity contribution in [2.75, 3.05) is 13.7 Å². The van der Waals surface area contributed by atoms with E-state index in [-0.39, 0.29) is 17.5 Å². The lowest BCUT2D eigenvalue weighted by atomic mass is 9.75. The van der Waals surface area contributed by atoms with Crippen molar-refractivity contribution in [1.82, 2.24) is 5.32 Å². The third-order valence-electron chi connectivity index (χ3n) is 4.58. The normalized spacial score (nSPS) is 19.8. The first-order chi connectivity index (χ1) is 9.63. The molecule has 0 amide bonds. The van der Waals surface area contributed by atoms with E-state index in [1.54, 1.807) is 12.1 Å². The molecule has 1 aliphatic carbocycles. The van der Waals surface area contributed by atoms with E-state index in [0.717, 1.165) is 30.5 Å². The molecule has 1 atom stereocenters. The van der Waals surface area contributed by atoms with Gasteiger partial charge in [0.1, 0.15) is 5.82 Å². The largest absolute Gasteiger partial charge is 0.376 e. The van der Waals surface area contributed by atoms with Crippen molar-refractivity contribution in [3.8, 4) is 0 Å². The lowest BCUT2D eigenvalue weighted by Gasteiger charge is -2.43. The molecule has 1 unspecified atom stereocenters. The maximum Gasteiger partial charge on any atom is 0.123 e. The van der Waals surface area contributed by atoms with E-state index in [0.29, 0.717) is 0 Å². The van der Waals surface area contributed by atoms with Gasteiger partial charge in [-0.05, 0) is 49.6 Å². The number of hydrogen-bond acceptors (Lipinski definition) is 2. The Morgan fingerprint density at radius 3 is 2.55 bits per heavy atom. The van der Waals surface area contributed by atoms with Gasteiger partial charge in [0, 0.05) is 7.11 Å². The van der Waals surface area contributed by atoms with Gasteiger partial charge in [0.05, 0.1) is 11.6 Å². The third-order valence-corrected chi connectivity index (χ3v) is 4.58. The van der Waals surface area contributed by atoms with Gasteiger partial charge in [0.15, 0.2) is 0 Å². The summed E-state index contributed by atoms with van der Waals surface area (Å²) in [4.78, 5) is 0. The lowest BCUT2D eigenvalue weighted by Crippen LogP contribution is -2.47. The maximum absolute atomic E-state index is 13.4. The Hall–Kier alpha value is -0.930. The number of ether oxygens (including phenoxy) is 1. The summed E-state index contributed by atoms with van der Waals surface area (Å²) >= 11 is 0. The first kappa shape index (κ1) is 15.5. The van der Waals surface area contributed by atoms with E-state index in [1.807, 2.05) is 20.1 Å². The Labute approximate surface area is 121 Å². The van der Waals surface area contributed by atoms with E-state index in [2.05, 4.69) is 12.2 Å². The van der Waals surface area contributed by atoms with Crippen molar-refractivity contribution in [2.45, 2.75) is 57.6 Å². The molecule has 3 heteroatoms. The quantitative estimate of drug-likeness (QED) is 0.875. The minimum atomic E-state index is -0.170. The van der Waals surface area contributed by atoms with Gasteiger partial charge in [-0.15, -0.1) is 0 Å². The van der Waals surface area contributed by atoms with Crippen LogP contribution in [0.2, 0.25) is 0 Å². The number of hydrogen-bond donors (Lipinski definition) is 1. The lowest BCUT2D eigenvalue weighted by molar-refractivity contribution is -0.0686. The zero-order chi connectivity index (χ0) is 14.6. The number of methoxy groups -OCH3 is 1. The molecule has 0 heterocycles. The summed E-state index contributed by atoms with van der Waals surface area (Å²) in [5.74, 6) is -0.170. The van der Waals surface area contributed by atoms with Crippen LogP contribution >= 0.6 is 0 Å². The second kappa shape index (κ2) is 6.68. The van der Waals surface area contributed by atoms with Crippen LogP contribution in [0, 0.1) is 12.7 Å². The molecule has 1 aromatic carbocycles. The van der Waals surface area contributed by atoms with Crippen LogP contribution in [-0.4, -0.2) is 19.3 Å². The zero-order valence-electron chi connectivity index (χ0n) is 12.8. The fourth-order valence-corrected chi connectivity index (χ4v) is 3.51. The molecular weight excluding hydrogens is 253 g/mol. The van der Waals surface area contributed by atoms with E-state index < -0.39 is 0 Å². The van der Waals surface area contributed by atoms with Crippen molar-refractivity contribution in [3.05, 3.63) is 35.1 Å². The van der Waals surface area contributed by atoms with Gasteiger partial charge in [-0.1, -0.05) is 32.3 Å². The highest BCUT2D eigenvalue weighted by molar-refractivity contribution is 5.32. The zero-order valence-corrected chi connectivity index (χ0v) is 12.8. The molecule has 2 nitrogen and oxygen atoms in total. The van der Waals surface area contributed by atoms with Gasteiger partial charge in [-0.25, -0.2) is 4.39 Å². The number of likely N-dealkylation sites (N-methyl/N-ethyl adjacent to an activating group) is 1. The molecule has 1 N–H and O–H groups in total. The van der Waals surface area contributed by atoms with Crippen LogP contribution in [0.3, 0.4) is 0 Å². The standard InChI is InChI=1S/C17H26FNO/c1-4-19-16(15-9-8-14(18)12-13(15)2)17(20-3)10-6-5-7-11-17/h8-9,12,16,19H,4-7,10-11H2,1-3H3. The Morgan fingerprint density at radius 2 is 2.00 bits per heavy atom. The fourth-order valence-electron chi connectivity index (χ4n) is 3.51. The predicted molar refractivity (Wildman–Crippen MR) is 80.4 cm³/mol. The second-order valence-electron chi connectivity index (χ2n) is 5.82. The summed E-state index contributed by atoms with van der Waals surface area (Å²) in [6.45, 7) is 4.97. The molecule has 0 radical (unpaired) electrons. The smallest absolute Gasteiger partial charge is 0.123 e. The molecule has 2 rings (SSSR count). The molecule has 112 valence electrons. The summed E-state index contributed by atoms with van der Waals surface area (Å²) in [7, 11) is 1.81. The summed E-state index contributed by atoms with van der Waals surface area (Å²) in [6.07, 6.45) is 5.83. The molecule has 1 fully saturated rings. The molecule has 0 spiro atoms. The highest BCUT2D eigenvalue weighted by Gasteiger charge is 2.41. The van der Waals surface area contributed by atoms with Crippen LogP contribution in [0.15, 0.2) is 18.2 Å². The topological polar surface area (TPSA) is 21.3 Å². The van der Waals surface area contributed by atoms with Crippen LogP contribution in [-0.2, 0) is 4.74 Å². The molecule has 1 saturated carbocycles. The predicted octanol–water partition coefficient (Wildman–Crippen LogP) is 4.13. The number of rotatable bonds is 5. The van der Waals surface area contributed by atoms with Crippen LogP contribution < -0.4 is 5.32 Å². The Kier molecular flexibility index (Phi) is 5.17. The molecule has 1 aliphatic rings. The van der Waals surface area contributed by atoms with Gasteiger partial charge in [-0.3, -0.25) is 0 Å². The van der Waals surface area contributed by atoms with Crippen LogP contribution in [0.4, 0.5) is 4.39 Å². The molecule has 0 saturated heterocycles. The van der Waals surface area contributed by atoms with Gasteiger partial charge in [-0.2, -0.15) is 0 Å². The Bertz CT molecular complexity index is 441. The maximum atomic E-state index is 13.4. The van der Waals surface area contributed by atoms with Crippen LogP contribution in [0.1, 0.15) is 56.2 Å². The average Bonchev–Trinajstić information content (AvgIpc) is 2.46. The summed E-state index contributed by atoms with van der Waals surface area (Å²) in [5, 5.41) is 3.57. The Morgan fingerprint density at radius 1 is 1.30 bits per heavy atom. The molecule has 0 aliphatic heterocycles. The van der Waals surface area contributed by atoms with Gasteiger partial charge < -0.3 is 10.1 Å². The SMILES string of the molecule is CCNC(c1ccc(F)cc1C)C1(OC)CCCCC1. The molecule has 0 aromatic heterocycles. The average molecular weight is 279 g/mol. The van der Waals surface area contributed by atoms with E-state index >= 15 is 0 Å². The summed E-state index contributed by atoms with van der Waals surface area (Å²) in [6, 6.07) is 5.22. The van der Waals surface area contributed by atoms with Crippen molar-refractivity contribution < 1.29 is 9.13 Å².